The summed E-state index contributed by atoms with van der Waals surface area (Å²) in [6.07, 6.45) is 6.34. The fraction of sp³-hybridized carbons (Fsp3) is 0.556. The van der Waals surface area contributed by atoms with Crippen molar-refractivity contribution in [2.45, 2.75) is 46.2 Å². The van der Waals surface area contributed by atoms with Crippen molar-refractivity contribution >= 4 is 0 Å². The molecular formula is C18H26N4. The van der Waals surface area contributed by atoms with Gasteiger partial charge >= 0.3 is 0 Å². The second-order valence-corrected chi connectivity index (χ2v) is 6.55. The van der Waals surface area contributed by atoms with Gasteiger partial charge in [0, 0.05) is 30.7 Å². The van der Waals surface area contributed by atoms with E-state index in [9.17, 15) is 0 Å². The molecule has 0 aliphatic carbocycles. The molecule has 2 aromatic heterocycles. The first-order chi connectivity index (χ1) is 10.6. The van der Waals surface area contributed by atoms with Crippen molar-refractivity contribution in [3.05, 3.63) is 47.5 Å². The summed E-state index contributed by atoms with van der Waals surface area (Å²) < 4.78 is 2.18. The molecule has 1 fully saturated rings. The van der Waals surface area contributed by atoms with Gasteiger partial charge in [-0.15, -0.1) is 0 Å². The molecule has 0 saturated carbocycles. The van der Waals surface area contributed by atoms with E-state index < -0.39 is 0 Å². The fourth-order valence-electron chi connectivity index (χ4n) is 3.46. The van der Waals surface area contributed by atoms with Gasteiger partial charge in [-0.05, 0) is 70.3 Å². The molecule has 22 heavy (non-hydrogen) atoms. The van der Waals surface area contributed by atoms with Crippen LogP contribution in [0.4, 0.5) is 0 Å². The Morgan fingerprint density at radius 3 is 2.64 bits per heavy atom. The maximum Gasteiger partial charge on any atom is 0.0596 e. The largest absolute Gasteiger partial charge is 0.297 e. The predicted molar refractivity (Wildman–Crippen MR) is 88.7 cm³/mol. The lowest BCUT2D eigenvalue weighted by Crippen LogP contribution is -2.37. The van der Waals surface area contributed by atoms with Gasteiger partial charge in [-0.3, -0.25) is 14.6 Å². The molecule has 0 amide bonds. The van der Waals surface area contributed by atoms with E-state index in [0.717, 1.165) is 18.2 Å². The Labute approximate surface area is 133 Å². The van der Waals surface area contributed by atoms with Crippen LogP contribution in [0.2, 0.25) is 0 Å². The smallest absolute Gasteiger partial charge is 0.0596 e. The summed E-state index contributed by atoms with van der Waals surface area (Å²) in [5, 5.41) is 4.60. The molecule has 1 aliphatic heterocycles. The van der Waals surface area contributed by atoms with Gasteiger partial charge in [0.2, 0.25) is 0 Å². The standard InChI is InChI=1S/C18H26N4/c1-14-11-15(2)22(20-14)13-17-6-9-21(10-7-17)16(3)18-5-4-8-19-12-18/h4-5,8,11-12,16-17H,6-7,9-10,13H2,1-3H3/t16-/m0/s1. The van der Waals surface area contributed by atoms with Crippen LogP contribution >= 0.6 is 0 Å². The Bertz CT molecular complexity index is 597. The van der Waals surface area contributed by atoms with Crippen LogP contribution in [0.1, 0.15) is 42.8 Å². The van der Waals surface area contributed by atoms with Crippen LogP contribution in [0.25, 0.3) is 0 Å². The number of pyridine rings is 1. The zero-order valence-electron chi connectivity index (χ0n) is 13.9. The van der Waals surface area contributed by atoms with Crippen LogP contribution in [0, 0.1) is 19.8 Å². The van der Waals surface area contributed by atoms with Crippen LogP contribution in [-0.4, -0.2) is 32.8 Å². The van der Waals surface area contributed by atoms with E-state index in [1.165, 1.54) is 37.2 Å². The zero-order valence-corrected chi connectivity index (χ0v) is 13.9. The Morgan fingerprint density at radius 1 is 1.27 bits per heavy atom. The molecule has 0 bridgehead atoms. The van der Waals surface area contributed by atoms with Gasteiger partial charge < -0.3 is 0 Å². The highest BCUT2D eigenvalue weighted by Crippen LogP contribution is 2.27. The fourth-order valence-corrected chi connectivity index (χ4v) is 3.46. The summed E-state index contributed by atoms with van der Waals surface area (Å²) in [5.74, 6) is 0.746. The summed E-state index contributed by atoms with van der Waals surface area (Å²) >= 11 is 0. The molecule has 4 nitrogen and oxygen atoms in total. The lowest BCUT2D eigenvalue weighted by molar-refractivity contribution is 0.131. The van der Waals surface area contributed by atoms with E-state index in [2.05, 4.69) is 52.6 Å². The van der Waals surface area contributed by atoms with Crippen molar-refractivity contribution in [1.82, 2.24) is 19.7 Å². The van der Waals surface area contributed by atoms with Gasteiger partial charge in [-0.1, -0.05) is 6.07 Å². The second-order valence-electron chi connectivity index (χ2n) is 6.55. The third-order valence-electron chi connectivity index (χ3n) is 4.90. The van der Waals surface area contributed by atoms with E-state index >= 15 is 0 Å². The van der Waals surface area contributed by atoms with E-state index in [1.807, 2.05) is 18.5 Å². The zero-order chi connectivity index (χ0) is 15.5. The average Bonchev–Trinajstić information content (AvgIpc) is 2.86. The molecule has 0 aromatic carbocycles. The predicted octanol–water partition coefficient (Wildman–Crippen LogP) is 3.37. The molecular weight excluding hydrogens is 272 g/mol. The summed E-state index contributed by atoms with van der Waals surface area (Å²) in [4.78, 5) is 6.82. The molecule has 0 spiro atoms. The van der Waals surface area contributed by atoms with Gasteiger partial charge in [0.05, 0.1) is 5.69 Å². The number of hydrogen-bond donors (Lipinski definition) is 0. The van der Waals surface area contributed by atoms with E-state index in [-0.39, 0.29) is 0 Å². The van der Waals surface area contributed by atoms with Crippen molar-refractivity contribution in [3.8, 4) is 0 Å². The average molecular weight is 298 g/mol. The van der Waals surface area contributed by atoms with Crippen molar-refractivity contribution < 1.29 is 0 Å². The minimum atomic E-state index is 0.461. The van der Waals surface area contributed by atoms with Gasteiger partial charge in [0.1, 0.15) is 0 Å². The minimum Gasteiger partial charge on any atom is -0.297 e. The molecule has 0 unspecified atom stereocenters. The van der Waals surface area contributed by atoms with Crippen LogP contribution in [-0.2, 0) is 6.54 Å². The highest BCUT2D eigenvalue weighted by atomic mass is 15.3. The molecule has 3 rings (SSSR count). The second kappa shape index (κ2) is 6.61. The van der Waals surface area contributed by atoms with Gasteiger partial charge in [-0.25, -0.2) is 0 Å². The number of aryl methyl sites for hydroxylation is 2. The number of likely N-dealkylation sites (tertiary alicyclic amines) is 1. The lowest BCUT2D eigenvalue weighted by atomic mass is 9.95. The quantitative estimate of drug-likeness (QED) is 0.868. The maximum atomic E-state index is 4.60. The van der Waals surface area contributed by atoms with Crippen molar-refractivity contribution in [3.63, 3.8) is 0 Å². The highest BCUT2D eigenvalue weighted by Gasteiger charge is 2.24. The summed E-state index contributed by atoms with van der Waals surface area (Å²) in [7, 11) is 0. The molecule has 0 radical (unpaired) electrons. The van der Waals surface area contributed by atoms with Gasteiger partial charge in [0.25, 0.3) is 0 Å². The molecule has 4 heteroatoms. The Balaban J connectivity index is 1.55. The first kappa shape index (κ1) is 15.2. The number of nitrogens with zero attached hydrogens (tertiary/aromatic N) is 4. The number of rotatable bonds is 4. The first-order valence-electron chi connectivity index (χ1n) is 8.28. The molecule has 3 heterocycles. The molecule has 2 aromatic rings. The SMILES string of the molecule is Cc1cc(C)n(CC2CCN([C@@H](C)c3cccnc3)CC2)n1. The van der Waals surface area contributed by atoms with Crippen LogP contribution in [0.3, 0.4) is 0 Å². The highest BCUT2D eigenvalue weighted by molar-refractivity contribution is 5.13. The first-order valence-corrected chi connectivity index (χ1v) is 8.28. The maximum absolute atomic E-state index is 4.60. The molecule has 1 saturated heterocycles. The molecule has 118 valence electrons. The Kier molecular flexibility index (Phi) is 4.57. The van der Waals surface area contributed by atoms with Gasteiger partial charge in [-0.2, -0.15) is 5.10 Å². The third-order valence-corrected chi connectivity index (χ3v) is 4.90. The van der Waals surface area contributed by atoms with Crippen LogP contribution in [0.15, 0.2) is 30.6 Å². The third kappa shape index (κ3) is 3.38. The van der Waals surface area contributed by atoms with Crippen LogP contribution in [0.5, 0.6) is 0 Å². The topological polar surface area (TPSA) is 34.0 Å². The molecule has 1 aliphatic rings. The normalized spacial score (nSPS) is 18.5. The van der Waals surface area contributed by atoms with E-state index in [0.29, 0.717) is 6.04 Å². The number of piperidine rings is 1. The number of aromatic nitrogens is 3. The number of hydrogen-bond acceptors (Lipinski definition) is 3. The van der Waals surface area contributed by atoms with E-state index in [1.54, 1.807) is 0 Å². The summed E-state index contributed by atoms with van der Waals surface area (Å²) in [5.41, 5.74) is 3.73. The van der Waals surface area contributed by atoms with Crippen molar-refractivity contribution in [1.29, 1.82) is 0 Å². The summed E-state index contributed by atoms with van der Waals surface area (Å²) in [6.45, 7) is 9.91. The molecule has 1 atom stereocenters. The minimum absolute atomic E-state index is 0.461. The monoisotopic (exact) mass is 298 g/mol. The Hall–Kier alpha value is -1.68. The summed E-state index contributed by atoms with van der Waals surface area (Å²) in [6, 6.07) is 6.84. The van der Waals surface area contributed by atoms with E-state index in [4.69, 9.17) is 0 Å². The lowest BCUT2D eigenvalue weighted by Gasteiger charge is -2.36. The molecule has 0 N–H and O–H groups in total. The van der Waals surface area contributed by atoms with Crippen molar-refractivity contribution in [2.75, 3.05) is 13.1 Å². The van der Waals surface area contributed by atoms with Crippen molar-refractivity contribution in [2.24, 2.45) is 5.92 Å². The van der Waals surface area contributed by atoms with Crippen LogP contribution < -0.4 is 0 Å². The van der Waals surface area contributed by atoms with Gasteiger partial charge in [0.15, 0.2) is 0 Å². The Morgan fingerprint density at radius 2 is 2.05 bits per heavy atom.